The van der Waals surface area contributed by atoms with Crippen LogP contribution in [0.2, 0.25) is 0 Å². The lowest BCUT2D eigenvalue weighted by Crippen LogP contribution is -2.50. The molecule has 2 aromatic carbocycles. The van der Waals surface area contributed by atoms with Crippen molar-refractivity contribution in [3.05, 3.63) is 71.8 Å². The van der Waals surface area contributed by atoms with Crippen LogP contribution >= 0.6 is 0 Å². The molecule has 0 spiro atoms. The van der Waals surface area contributed by atoms with Gasteiger partial charge in [0.15, 0.2) is 0 Å². The van der Waals surface area contributed by atoms with E-state index in [0.29, 0.717) is 13.1 Å². The second-order valence-corrected chi connectivity index (χ2v) is 6.95. The summed E-state index contributed by atoms with van der Waals surface area (Å²) >= 11 is 0. The third-order valence-corrected chi connectivity index (χ3v) is 5.23. The Morgan fingerprint density at radius 3 is 2.19 bits per heavy atom. The van der Waals surface area contributed by atoms with Gasteiger partial charge < -0.3 is 15.5 Å². The molecule has 144 valence electrons. The van der Waals surface area contributed by atoms with Gasteiger partial charge in [0, 0.05) is 39.3 Å². The zero-order valence-electron chi connectivity index (χ0n) is 16.1. The smallest absolute Gasteiger partial charge is 0.315 e. The molecule has 0 aromatic heterocycles. The molecular formula is C22H30N4O. The van der Waals surface area contributed by atoms with Crippen molar-refractivity contribution in [1.82, 2.24) is 20.4 Å². The molecule has 1 aliphatic rings. The molecule has 1 unspecified atom stereocenters. The molecule has 27 heavy (non-hydrogen) atoms. The van der Waals surface area contributed by atoms with Gasteiger partial charge in [0.05, 0.1) is 6.04 Å². The van der Waals surface area contributed by atoms with Gasteiger partial charge in [-0.3, -0.25) is 4.90 Å². The van der Waals surface area contributed by atoms with E-state index in [9.17, 15) is 4.79 Å². The first kappa shape index (κ1) is 19.4. The second-order valence-electron chi connectivity index (χ2n) is 6.95. The summed E-state index contributed by atoms with van der Waals surface area (Å²) in [6, 6.07) is 20.5. The van der Waals surface area contributed by atoms with E-state index in [4.69, 9.17) is 0 Å². The molecule has 1 heterocycles. The van der Waals surface area contributed by atoms with Gasteiger partial charge >= 0.3 is 6.03 Å². The van der Waals surface area contributed by atoms with Crippen LogP contribution in [-0.4, -0.2) is 55.1 Å². The number of benzene rings is 2. The van der Waals surface area contributed by atoms with Gasteiger partial charge in [0.2, 0.25) is 0 Å². The van der Waals surface area contributed by atoms with Crippen LogP contribution in [-0.2, 0) is 6.54 Å². The lowest BCUT2D eigenvalue weighted by molar-refractivity contribution is 0.0990. The fourth-order valence-corrected chi connectivity index (χ4v) is 3.55. The van der Waals surface area contributed by atoms with Crippen molar-refractivity contribution in [2.75, 3.05) is 39.3 Å². The van der Waals surface area contributed by atoms with Crippen molar-refractivity contribution < 1.29 is 4.79 Å². The highest BCUT2D eigenvalue weighted by molar-refractivity contribution is 5.73. The van der Waals surface area contributed by atoms with Gasteiger partial charge in [0.1, 0.15) is 0 Å². The molecule has 5 heteroatoms. The van der Waals surface area contributed by atoms with Crippen molar-refractivity contribution in [1.29, 1.82) is 0 Å². The standard InChI is InChI=1S/C22H30N4O/c1-2-25-13-15-26(16-14-25)21(20-11-7-4-8-12-20)18-24-22(27)23-17-19-9-5-3-6-10-19/h3-12,21H,2,13-18H2,1H3,(H2,23,24,27). The number of urea groups is 1. The highest BCUT2D eigenvalue weighted by Crippen LogP contribution is 2.21. The van der Waals surface area contributed by atoms with Crippen LogP contribution in [0.4, 0.5) is 4.79 Å². The quantitative estimate of drug-likeness (QED) is 0.792. The largest absolute Gasteiger partial charge is 0.336 e. The van der Waals surface area contributed by atoms with Gasteiger partial charge in [-0.2, -0.15) is 0 Å². The molecule has 5 nitrogen and oxygen atoms in total. The molecule has 1 atom stereocenters. The van der Waals surface area contributed by atoms with Gasteiger partial charge in [-0.25, -0.2) is 4.79 Å². The Bertz CT molecular complexity index is 684. The van der Waals surface area contributed by atoms with Crippen LogP contribution in [0.5, 0.6) is 0 Å². The minimum atomic E-state index is -0.119. The maximum absolute atomic E-state index is 12.3. The summed E-state index contributed by atoms with van der Waals surface area (Å²) in [5.41, 5.74) is 2.36. The maximum atomic E-state index is 12.3. The summed E-state index contributed by atoms with van der Waals surface area (Å²) < 4.78 is 0. The van der Waals surface area contributed by atoms with Gasteiger partial charge in [-0.05, 0) is 17.7 Å². The number of hydrogen-bond donors (Lipinski definition) is 2. The van der Waals surface area contributed by atoms with Crippen LogP contribution in [0.3, 0.4) is 0 Å². The monoisotopic (exact) mass is 366 g/mol. The van der Waals surface area contributed by atoms with E-state index in [1.807, 2.05) is 36.4 Å². The number of likely N-dealkylation sites (N-methyl/N-ethyl adjacent to an activating group) is 1. The predicted octanol–water partition coefficient (Wildman–Crippen LogP) is 2.86. The van der Waals surface area contributed by atoms with Gasteiger partial charge in [0.25, 0.3) is 0 Å². The number of hydrogen-bond acceptors (Lipinski definition) is 3. The average Bonchev–Trinajstić information content (AvgIpc) is 2.74. The molecule has 0 bridgehead atoms. The highest BCUT2D eigenvalue weighted by Gasteiger charge is 2.24. The van der Waals surface area contributed by atoms with Gasteiger partial charge in [-0.15, -0.1) is 0 Å². The molecule has 1 aliphatic heterocycles. The molecule has 0 saturated carbocycles. The highest BCUT2D eigenvalue weighted by atomic mass is 16.2. The zero-order chi connectivity index (χ0) is 18.9. The van der Waals surface area contributed by atoms with E-state index in [2.05, 4.69) is 51.6 Å². The summed E-state index contributed by atoms with van der Waals surface area (Å²) in [4.78, 5) is 17.2. The number of rotatable bonds is 7. The molecule has 3 rings (SSSR count). The fraction of sp³-hybridized carbons (Fsp3) is 0.409. The fourth-order valence-electron chi connectivity index (χ4n) is 3.55. The molecule has 0 aliphatic carbocycles. The van der Waals surface area contributed by atoms with E-state index < -0.39 is 0 Å². The van der Waals surface area contributed by atoms with Crippen molar-refractivity contribution in [3.8, 4) is 0 Å². The Kier molecular flexibility index (Phi) is 7.25. The number of amides is 2. The third-order valence-electron chi connectivity index (χ3n) is 5.23. The number of nitrogens with zero attached hydrogens (tertiary/aromatic N) is 2. The van der Waals surface area contributed by atoms with Crippen LogP contribution < -0.4 is 10.6 Å². The number of piperazine rings is 1. The Balaban J connectivity index is 1.56. The van der Waals surface area contributed by atoms with Gasteiger partial charge in [-0.1, -0.05) is 67.6 Å². The molecule has 2 N–H and O–H groups in total. The summed E-state index contributed by atoms with van der Waals surface area (Å²) in [6.45, 7) is 8.68. The summed E-state index contributed by atoms with van der Waals surface area (Å²) in [7, 11) is 0. The number of nitrogens with one attached hydrogen (secondary N) is 2. The maximum Gasteiger partial charge on any atom is 0.315 e. The summed E-state index contributed by atoms with van der Waals surface area (Å²) in [5, 5.41) is 6.02. The van der Waals surface area contributed by atoms with Crippen molar-refractivity contribution >= 4 is 6.03 Å². The van der Waals surface area contributed by atoms with Crippen LogP contribution in [0.1, 0.15) is 24.1 Å². The Labute approximate surface area is 162 Å². The van der Waals surface area contributed by atoms with Crippen molar-refractivity contribution in [2.45, 2.75) is 19.5 Å². The Hall–Kier alpha value is -2.37. The minimum Gasteiger partial charge on any atom is -0.336 e. The third kappa shape index (κ3) is 5.81. The van der Waals surface area contributed by atoms with Crippen molar-refractivity contribution in [2.24, 2.45) is 0 Å². The molecule has 1 saturated heterocycles. The van der Waals surface area contributed by atoms with E-state index in [0.717, 1.165) is 38.3 Å². The molecule has 2 amide bonds. The van der Waals surface area contributed by atoms with E-state index in [1.165, 1.54) is 5.56 Å². The Morgan fingerprint density at radius 2 is 1.56 bits per heavy atom. The molecule has 0 radical (unpaired) electrons. The van der Waals surface area contributed by atoms with E-state index in [-0.39, 0.29) is 12.1 Å². The minimum absolute atomic E-state index is 0.119. The molecular weight excluding hydrogens is 336 g/mol. The average molecular weight is 367 g/mol. The van der Waals surface area contributed by atoms with E-state index >= 15 is 0 Å². The predicted molar refractivity (Wildman–Crippen MR) is 110 cm³/mol. The Morgan fingerprint density at radius 1 is 0.926 bits per heavy atom. The zero-order valence-corrected chi connectivity index (χ0v) is 16.1. The first-order valence-corrected chi connectivity index (χ1v) is 9.83. The first-order valence-electron chi connectivity index (χ1n) is 9.83. The lowest BCUT2D eigenvalue weighted by atomic mass is 10.0. The van der Waals surface area contributed by atoms with Crippen LogP contribution in [0.25, 0.3) is 0 Å². The molecule has 1 fully saturated rings. The summed E-state index contributed by atoms with van der Waals surface area (Å²) in [5.74, 6) is 0. The van der Waals surface area contributed by atoms with E-state index in [1.54, 1.807) is 0 Å². The summed E-state index contributed by atoms with van der Waals surface area (Å²) in [6.07, 6.45) is 0. The normalized spacial score (nSPS) is 16.6. The first-order chi connectivity index (χ1) is 13.3. The van der Waals surface area contributed by atoms with Crippen LogP contribution in [0.15, 0.2) is 60.7 Å². The van der Waals surface area contributed by atoms with Crippen LogP contribution in [0, 0.1) is 0 Å². The van der Waals surface area contributed by atoms with Crippen molar-refractivity contribution in [3.63, 3.8) is 0 Å². The number of carbonyl (C=O) groups excluding carboxylic acids is 1. The lowest BCUT2D eigenvalue weighted by Gasteiger charge is -2.39. The topological polar surface area (TPSA) is 47.6 Å². The number of carbonyl (C=O) groups is 1. The SMILES string of the molecule is CCN1CCN(C(CNC(=O)NCc2ccccc2)c2ccccc2)CC1. The second kappa shape index (κ2) is 10.1. The molecule has 2 aromatic rings.